The molecule has 1 aromatic carbocycles. The predicted octanol–water partition coefficient (Wildman–Crippen LogP) is 2.44. The molecule has 0 spiro atoms. The van der Waals surface area contributed by atoms with E-state index in [0.717, 1.165) is 6.20 Å². The number of halogens is 2. The molecule has 0 atom stereocenters. The molecule has 1 N–H and O–H groups in total. The Hall–Kier alpha value is -2.05. The smallest absolute Gasteiger partial charge is 0.350 e. The normalized spacial score (nSPS) is 16.6. The first-order valence-corrected chi connectivity index (χ1v) is 6.88. The van der Waals surface area contributed by atoms with E-state index >= 15 is 0 Å². The molecule has 1 aliphatic rings. The van der Waals surface area contributed by atoms with E-state index in [2.05, 4.69) is 5.32 Å². The fourth-order valence-electron chi connectivity index (χ4n) is 1.67. The summed E-state index contributed by atoms with van der Waals surface area (Å²) in [5.41, 5.74) is -0.279. The third-order valence-electron chi connectivity index (χ3n) is 2.64. The number of hydrogen-bond acceptors (Lipinski definition) is 5. The van der Waals surface area contributed by atoms with Gasteiger partial charge < -0.3 is 14.8 Å². The zero-order valence-corrected chi connectivity index (χ0v) is 13.1. The van der Waals surface area contributed by atoms with Gasteiger partial charge in [0.25, 0.3) is 11.7 Å². The molecule has 1 aromatic rings. The van der Waals surface area contributed by atoms with Crippen LogP contribution in [0.25, 0.3) is 0 Å². The number of benzene rings is 1. The van der Waals surface area contributed by atoms with Gasteiger partial charge in [-0.15, -0.1) is 0 Å². The van der Waals surface area contributed by atoms with Gasteiger partial charge in [-0.3, -0.25) is 4.79 Å². The van der Waals surface area contributed by atoms with E-state index in [1.807, 2.05) is 0 Å². The molecule has 0 aliphatic carbocycles. The number of carbonyl (C=O) groups is 3. The van der Waals surface area contributed by atoms with Gasteiger partial charge in [-0.2, -0.15) is 0 Å². The molecule has 0 aromatic heterocycles. The minimum atomic E-state index is -1.34. The fourth-order valence-corrected chi connectivity index (χ4v) is 2.16. The zero-order valence-electron chi connectivity index (χ0n) is 11.6. The van der Waals surface area contributed by atoms with Crippen LogP contribution in [0.5, 0.6) is 0 Å². The van der Waals surface area contributed by atoms with Crippen LogP contribution in [0.15, 0.2) is 30.0 Å². The quantitative estimate of drug-likeness (QED) is 0.506. The van der Waals surface area contributed by atoms with Crippen LogP contribution in [0.1, 0.15) is 24.2 Å². The molecule has 2 rings (SSSR count). The largest absolute Gasteiger partial charge is 0.419 e. The molecule has 1 amide bonds. The van der Waals surface area contributed by atoms with Crippen molar-refractivity contribution in [3.63, 3.8) is 0 Å². The van der Waals surface area contributed by atoms with E-state index in [-0.39, 0.29) is 10.6 Å². The van der Waals surface area contributed by atoms with E-state index in [0.29, 0.717) is 5.02 Å². The third-order valence-corrected chi connectivity index (χ3v) is 3.19. The first kappa shape index (κ1) is 16.3. The van der Waals surface area contributed by atoms with E-state index in [1.54, 1.807) is 0 Å². The van der Waals surface area contributed by atoms with Crippen LogP contribution >= 0.6 is 23.2 Å². The SMILES string of the molecule is CC1(C)OC(=O)C(=CNC(=O)c2ccc(Cl)cc2Cl)C(=O)O1. The standard InChI is InChI=1S/C14H11Cl2NO5/c1-14(2)21-12(19)9(13(20)22-14)6-17-11(18)8-4-3-7(15)5-10(8)16/h3-6H,1-2H3,(H,17,18). The summed E-state index contributed by atoms with van der Waals surface area (Å²) in [6.07, 6.45) is 0.924. The Morgan fingerprint density at radius 3 is 2.32 bits per heavy atom. The molecule has 6 nitrogen and oxygen atoms in total. The van der Waals surface area contributed by atoms with Crippen LogP contribution in [0.2, 0.25) is 10.0 Å². The van der Waals surface area contributed by atoms with Crippen molar-refractivity contribution in [2.24, 2.45) is 0 Å². The number of amides is 1. The maximum atomic E-state index is 12.0. The van der Waals surface area contributed by atoms with Crippen LogP contribution in [0.4, 0.5) is 0 Å². The molecule has 0 bridgehead atoms. The number of hydrogen-bond donors (Lipinski definition) is 1. The summed E-state index contributed by atoms with van der Waals surface area (Å²) in [4.78, 5) is 35.4. The second kappa shape index (κ2) is 5.98. The van der Waals surface area contributed by atoms with Gasteiger partial charge in [-0.25, -0.2) is 9.59 Å². The van der Waals surface area contributed by atoms with Crippen LogP contribution in [0, 0.1) is 0 Å². The zero-order chi connectivity index (χ0) is 16.5. The van der Waals surface area contributed by atoms with Gasteiger partial charge in [-0.1, -0.05) is 23.2 Å². The van der Waals surface area contributed by atoms with E-state index in [9.17, 15) is 14.4 Å². The summed E-state index contributed by atoms with van der Waals surface area (Å²) in [7, 11) is 0. The van der Waals surface area contributed by atoms with E-state index < -0.39 is 29.2 Å². The molecule has 22 heavy (non-hydrogen) atoms. The first-order chi connectivity index (χ1) is 10.2. The van der Waals surface area contributed by atoms with E-state index in [4.69, 9.17) is 32.7 Å². The first-order valence-electron chi connectivity index (χ1n) is 6.12. The van der Waals surface area contributed by atoms with Gasteiger partial charge in [0.05, 0.1) is 10.6 Å². The van der Waals surface area contributed by atoms with Crippen molar-refractivity contribution in [1.82, 2.24) is 5.32 Å². The minimum Gasteiger partial charge on any atom is -0.419 e. The topological polar surface area (TPSA) is 81.7 Å². The summed E-state index contributed by atoms with van der Waals surface area (Å²) in [5.74, 6) is -3.72. The Kier molecular flexibility index (Phi) is 4.44. The van der Waals surface area contributed by atoms with E-state index in [1.165, 1.54) is 32.0 Å². The molecule has 1 aliphatic heterocycles. The molecule has 116 valence electrons. The summed E-state index contributed by atoms with van der Waals surface area (Å²) < 4.78 is 9.78. The Labute approximate surface area is 136 Å². The van der Waals surface area contributed by atoms with Crippen LogP contribution in [-0.2, 0) is 19.1 Å². The molecule has 1 heterocycles. The van der Waals surface area contributed by atoms with Crippen molar-refractivity contribution < 1.29 is 23.9 Å². The highest BCUT2D eigenvalue weighted by atomic mass is 35.5. The lowest BCUT2D eigenvalue weighted by molar-refractivity contribution is -0.222. The predicted molar refractivity (Wildman–Crippen MR) is 78.3 cm³/mol. The number of nitrogens with one attached hydrogen (secondary N) is 1. The number of rotatable bonds is 2. The Morgan fingerprint density at radius 1 is 1.18 bits per heavy atom. The van der Waals surface area contributed by atoms with Crippen molar-refractivity contribution in [3.8, 4) is 0 Å². The van der Waals surface area contributed by atoms with Crippen molar-refractivity contribution in [2.75, 3.05) is 0 Å². The molecule has 8 heteroatoms. The van der Waals surface area contributed by atoms with Gasteiger partial charge in [0.2, 0.25) is 0 Å². The molecule has 1 fully saturated rings. The summed E-state index contributed by atoms with van der Waals surface area (Å²) >= 11 is 11.6. The molecule has 0 unspecified atom stereocenters. The van der Waals surface area contributed by atoms with Gasteiger partial charge in [0, 0.05) is 25.1 Å². The van der Waals surface area contributed by atoms with Crippen LogP contribution < -0.4 is 5.32 Å². The van der Waals surface area contributed by atoms with Gasteiger partial charge in [-0.05, 0) is 18.2 Å². The second-order valence-electron chi connectivity index (χ2n) is 4.83. The monoisotopic (exact) mass is 343 g/mol. The number of cyclic esters (lactones) is 2. The van der Waals surface area contributed by atoms with Crippen molar-refractivity contribution in [2.45, 2.75) is 19.6 Å². The second-order valence-corrected chi connectivity index (χ2v) is 5.68. The minimum absolute atomic E-state index is 0.137. The van der Waals surface area contributed by atoms with Crippen LogP contribution in [-0.4, -0.2) is 23.6 Å². The Balaban J connectivity index is 2.16. The highest BCUT2D eigenvalue weighted by Crippen LogP contribution is 2.23. The Morgan fingerprint density at radius 2 is 1.77 bits per heavy atom. The molecule has 0 saturated carbocycles. The summed E-state index contributed by atoms with van der Waals surface area (Å²) in [6.45, 7) is 2.84. The van der Waals surface area contributed by atoms with Gasteiger partial charge in [0.15, 0.2) is 5.57 Å². The number of esters is 2. The molecule has 0 radical (unpaired) electrons. The van der Waals surface area contributed by atoms with Gasteiger partial charge >= 0.3 is 11.9 Å². The summed E-state index contributed by atoms with van der Waals surface area (Å²) in [5, 5.41) is 2.80. The van der Waals surface area contributed by atoms with Crippen LogP contribution in [0.3, 0.4) is 0 Å². The lowest BCUT2D eigenvalue weighted by Crippen LogP contribution is -2.42. The van der Waals surface area contributed by atoms with Gasteiger partial charge in [0.1, 0.15) is 0 Å². The molecular formula is C14H11Cl2NO5. The number of carbonyl (C=O) groups excluding carboxylic acids is 3. The maximum Gasteiger partial charge on any atom is 0.350 e. The van der Waals surface area contributed by atoms with Crippen molar-refractivity contribution in [1.29, 1.82) is 0 Å². The third kappa shape index (κ3) is 3.58. The van der Waals surface area contributed by atoms with Crippen molar-refractivity contribution in [3.05, 3.63) is 45.6 Å². The maximum absolute atomic E-state index is 12.0. The average molecular weight is 344 g/mol. The lowest BCUT2D eigenvalue weighted by Gasteiger charge is -2.29. The van der Waals surface area contributed by atoms with Crippen molar-refractivity contribution >= 4 is 41.0 Å². The molecule has 1 saturated heterocycles. The fraction of sp³-hybridized carbons (Fsp3) is 0.214. The Bertz CT molecular complexity index is 674. The average Bonchev–Trinajstić information content (AvgIpc) is 2.35. The highest BCUT2D eigenvalue weighted by Gasteiger charge is 2.39. The summed E-state index contributed by atoms with van der Waals surface area (Å²) in [6, 6.07) is 4.30. The highest BCUT2D eigenvalue weighted by molar-refractivity contribution is 6.36. The number of ether oxygens (including phenoxy) is 2. The molecular weight excluding hydrogens is 333 g/mol. The lowest BCUT2D eigenvalue weighted by atomic mass is 10.2.